The highest BCUT2D eigenvalue weighted by Gasteiger charge is 2.48. The molecule has 0 aromatic heterocycles. The average molecular weight is 241 g/mol. The van der Waals surface area contributed by atoms with Crippen LogP contribution in [0, 0.1) is 5.41 Å². The standard InChI is InChI=1S/C12H19NO4/c1-12(10(14)15)6-3-2-5-9(12)13-7-4-8-17-11(13)16/h9H,2-8H2,1H3,(H,14,15). The predicted molar refractivity (Wildman–Crippen MR) is 60.7 cm³/mol. The number of hydrogen-bond acceptors (Lipinski definition) is 3. The van der Waals surface area contributed by atoms with Crippen molar-refractivity contribution >= 4 is 12.1 Å². The normalized spacial score (nSPS) is 34.3. The van der Waals surface area contributed by atoms with E-state index in [1.54, 1.807) is 11.8 Å². The molecule has 0 aromatic carbocycles. The molecule has 5 heteroatoms. The molecule has 1 aliphatic carbocycles. The van der Waals surface area contributed by atoms with Crippen molar-refractivity contribution in [2.75, 3.05) is 13.2 Å². The van der Waals surface area contributed by atoms with Gasteiger partial charge in [-0.25, -0.2) is 4.79 Å². The number of hydrogen-bond donors (Lipinski definition) is 1. The molecule has 2 aliphatic rings. The van der Waals surface area contributed by atoms with Gasteiger partial charge in [0.1, 0.15) is 0 Å². The number of cyclic esters (lactones) is 1. The first-order valence-electron chi connectivity index (χ1n) is 6.22. The smallest absolute Gasteiger partial charge is 0.410 e. The number of carboxylic acid groups (broad SMARTS) is 1. The van der Waals surface area contributed by atoms with E-state index in [9.17, 15) is 14.7 Å². The van der Waals surface area contributed by atoms with Crippen LogP contribution in [-0.2, 0) is 9.53 Å². The average Bonchev–Trinajstić information content (AvgIpc) is 2.31. The molecule has 0 aromatic rings. The molecule has 2 atom stereocenters. The van der Waals surface area contributed by atoms with Gasteiger partial charge in [0.05, 0.1) is 18.1 Å². The van der Waals surface area contributed by atoms with Gasteiger partial charge < -0.3 is 14.7 Å². The van der Waals surface area contributed by atoms with E-state index < -0.39 is 11.4 Å². The van der Waals surface area contributed by atoms with Crippen LogP contribution in [0.5, 0.6) is 0 Å². The molecule has 0 spiro atoms. The highest BCUT2D eigenvalue weighted by molar-refractivity contribution is 5.77. The van der Waals surface area contributed by atoms with Gasteiger partial charge in [-0.3, -0.25) is 4.79 Å². The first-order chi connectivity index (χ1) is 8.05. The van der Waals surface area contributed by atoms with Crippen LogP contribution in [0.2, 0.25) is 0 Å². The molecule has 1 saturated carbocycles. The zero-order valence-corrected chi connectivity index (χ0v) is 10.1. The lowest BCUT2D eigenvalue weighted by Crippen LogP contribution is -2.56. The molecule has 5 nitrogen and oxygen atoms in total. The Morgan fingerprint density at radius 2 is 2.24 bits per heavy atom. The van der Waals surface area contributed by atoms with E-state index >= 15 is 0 Å². The summed E-state index contributed by atoms with van der Waals surface area (Å²) in [6.45, 7) is 2.82. The van der Waals surface area contributed by atoms with Gasteiger partial charge in [-0.05, 0) is 26.2 Å². The number of amides is 1. The fraction of sp³-hybridized carbons (Fsp3) is 0.833. The molecule has 2 unspecified atom stereocenters. The van der Waals surface area contributed by atoms with Crippen molar-refractivity contribution < 1.29 is 19.4 Å². The maximum atomic E-state index is 11.7. The second-order valence-electron chi connectivity index (χ2n) is 5.15. The Bertz CT molecular complexity index is 330. The third-order valence-corrected chi connectivity index (χ3v) is 4.03. The highest BCUT2D eigenvalue weighted by Crippen LogP contribution is 2.40. The second-order valence-corrected chi connectivity index (χ2v) is 5.15. The molecule has 0 radical (unpaired) electrons. The molecular formula is C12H19NO4. The summed E-state index contributed by atoms with van der Waals surface area (Å²) in [5, 5.41) is 9.41. The summed E-state index contributed by atoms with van der Waals surface area (Å²) in [5.74, 6) is -0.805. The van der Waals surface area contributed by atoms with Crippen molar-refractivity contribution in [1.82, 2.24) is 4.90 Å². The number of carbonyl (C=O) groups excluding carboxylic acids is 1. The monoisotopic (exact) mass is 241 g/mol. The predicted octanol–water partition coefficient (Wildman–Crippen LogP) is 1.86. The van der Waals surface area contributed by atoms with Crippen molar-refractivity contribution in [1.29, 1.82) is 0 Å². The molecule has 2 rings (SSSR count). The van der Waals surface area contributed by atoms with Gasteiger partial charge in [0, 0.05) is 6.54 Å². The topological polar surface area (TPSA) is 66.8 Å². The molecule has 1 N–H and O–H groups in total. The molecule has 0 bridgehead atoms. The van der Waals surface area contributed by atoms with Crippen molar-refractivity contribution in [2.24, 2.45) is 5.41 Å². The SMILES string of the molecule is CC1(C(=O)O)CCCCC1N1CCCOC1=O. The lowest BCUT2D eigenvalue weighted by molar-refractivity contribution is -0.154. The van der Waals surface area contributed by atoms with Gasteiger partial charge >= 0.3 is 12.1 Å². The Balaban J connectivity index is 2.21. The Morgan fingerprint density at radius 1 is 1.47 bits per heavy atom. The van der Waals surface area contributed by atoms with Crippen molar-refractivity contribution in [2.45, 2.75) is 45.1 Å². The Labute approximate surface area is 101 Å². The summed E-state index contributed by atoms with van der Waals surface area (Å²) < 4.78 is 5.01. The first-order valence-corrected chi connectivity index (χ1v) is 6.22. The van der Waals surface area contributed by atoms with Crippen molar-refractivity contribution in [3.8, 4) is 0 Å². The number of nitrogens with zero attached hydrogens (tertiary/aromatic N) is 1. The number of carboxylic acids is 1. The van der Waals surface area contributed by atoms with Crippen LogP contribution < -0.4 is 0 Å². The minimum absolute atomic E-state index is 0.221. The van der Waals surface area contributed by atoms with Crippen LogP contribution >= 0.6 is 0 Å². The highest BCUT2D eigenvalue weighted by atomic mass is 16.6. The zero-order valence-electron chi connectivity index (χ0n) is 10.1. The lowest BCUT2D eigenvalue weighted by Gasteiger charge is -2.45. The maximum Gasteiger partial charge on any atom is 0.410 e. The van der Waals surface area contributed by atoms with Gasteiger partial charge in [0.2, 0.25) is 0 Å². The fourth-order valence-electron chi connectivity index (χ4n) is 2.92. The van der Waals surface area contributed by atoms with E-state index in [0.29, 0.717) is 19.6 Å². The van der Waals surface area contributed by atoms with Gasteiger partial charge in [0.25, 0.3) is 0 Å². The minimum Gasteiger partial charge on any atom is -0.481 e. The molecule has 1 aliphatic heterocycles. The molecule has 17 heavy (non-hydrogen) atoms. The van der Waals surface area contributed by atoms with E-state index in [0.717, 1.165) is 25.7 Å². The number of aliphatic carboxylic acids is 1. The van der Waals surface area contributed by atoms with Crippen LogP contribution in [0.1, 0.15) is 39.0 Å². The van der Waals surface area contributed by atoms with Gasteiger partial charge in [-0.2, -0.15) is 0 Å². The molecule has 1 saturated heterocycles. The lowest BCUT2D eigenvalue weighted by atomic mass is 9.71. The second kappa shape index (κ2) is 4.55. The van der Waals surface area contributed by atoms with E-state index in [1.807, 2.05) is 0 Å². The fourth-order valence-corrected chi connectivity index (χ4v) is 2.92. The van der Waals surface area contributed by atoms with Crippen LogP contribution in [0.3, 0.4) is 0 Å². The maximum absolute atomic E-state index is 11.7. The van der Waals surface area contributed by atoms with Crippen molar-refractivity contribution in [3.05, 3.63) is 0 Å². The number of carbonyl (C=O) groups is 2. The first kappa shape index (κ1) is 12.2. The molecule has 2 fully saturated rings. The van der Waals surface area contributed by atoms with E-state index in [2.05, 4.69) is 0 Å². The third kappa shape index (κ3) is 2.10. The minimum atomic E-state index is -0.825. The molecule has 1 amide bonds. The van der Waals surface area contributed by atoms with E-state index in [-0.39, 0.29) is 12.1 Å². The van der Waals surface area contributed by atoms with E-state index in [4.69, 9.17) is 4.74 Å². The Kier molecular flexibility index (Phi) is 3.26. The summed E-state index contributed by atoms with van der Waals surface area (Å²) in [7, 11) is 0. The molecule has 96 valence electrons. The molecule has 1 heterocycles. The van der Waals surface area contributed by atoms with Crippen LogP contribution in [0.4, 0.5) is 4.79 Å². The largest absolute Gasteiger partial charge is 0.481 e. The molecular weight excluding hydrogens is 222 g/mol. The van der Waals surface area contributed by atoms with E-state index in [1.165, 1.54) is 0 Å². The summed E-state index contributed by atoms with van der Waals surface area (Å²) in [6, 6.07) is -0.221. The quantitative estimate of drug-likeness (QED) is 0.801. The van der Waals surface area contributed by atoms with Crippen LogP contribution in [0.15, 0.2) is 0 Å². The summed E-state index contributed by atoms with van der Waals surface area (Å²) in [6.07, 6.45) is 3.74. The Hall–Kier alpha value is -1.26. The van der Waals surface area contributed by atoms with Crippen molar-refractivity contribution in [3.63, 3.8) is 0 Å². The Morgan fingerprint density at radius 3 is 2.88 bits per heavy atom. The summed E-state index contributed by atoms with van der Waals surface area (Å²) in [4.78, 5) is 24.8. The zero-order chi connectivity index (χ0) is 12.5. The summed E-state index contributed by atoms with van der Waals surface area (Å²) in [5.41, 5.74) is -0.825. The van der Waals surface area contributed by atoms with Crippen LogP contribution in [-0.4, -0.2) is 41.3 Å². The van der Waals surface area contributed by atoms with Gasteiger partial charge in [-0.1, -0.05) is 12.8 Å². The number of rotatable bonds is 2. The third-order valence-electron chi connectivity index (χ3n) is 4.03. The van der Waals surface area contributed by atoms with Gasteiger partial charge in [-0.15, -0.1) is 0 Å². The summed E-state index contributed by atoms with van der Waals surface area (Å²) >= 11 is 0. The van der Waals surface area contributed by atoms with Crippen LogP contribution in [0.25, 0.3) is 0 Å². The van der Waals surface area contributed by atoms with Gasteiger partial charge in [0.15, 0.2) is 0 Å². The number of ether oxygens (including phenoxy) is 1.